The lowest BCUT2D eigenvalue weighted by atomic mass is 10.2. The smallest absolute Gasteiger partial charge is 0.233 e. The van der Waals surface area contributed by atoms with E-state index in [0.29, 0.717) is 18.8 Å². The number of carbonyl (C=O) groups excluding carboxylic acids is 2. The van der Waals surface area contributed by atoms with E-state index in [9.17, 15) is 9.59 Å². The second-order valence-electron chi connectivity index (χ2n) is 5.50. The van der Waals surface area contributed by atoms with Crippen LogP contribution in [0, 0.1) is 6.92 Å². The zero-order valence-corrected chi connectivity index (χ0v) is 14.6. The van der Waals surface area contributed by atoms with Gasteiger partial charge in [0.05, 0.1) is 0 Å². The van der Waals surface area contributed by atoms with Gasteiger partial charge in [0, 0.05) is 36.3 Å². The number of halogens is 1. The molecule has 1 saturated heterocycles. The van der Waals surface area contributed by atoms with Crippen molar-refractivity contribution >= 4 is 33.4 Å². The van der Waals surface area contributed by atoms with Crippen LogP contribution in [0.3, 0.4) is 0 Å². The highest BCUT2D eigenvalue weighted by Gasteiger charge is 2.22. The van der Waals surface area contributed by atoms with Gasteiger partial charge in [0.15, 0.2) is 0 Å². The molecule has 0 unspecified atom stereocenters. The molecule has 1 aromatic rings. The predicted molar refractivity (Wildman–Crippen MR) is 90.8 cm³/mol. The number of anilines is 1. The van der Waals surface area contributed by atoms with Gasteiger partial charge in [-0.25, -0.2) is 0 Å². The maximum atomic E-state index is 12.2. The van der Waals surface area contributed by atoms with Gasteiger partial charge in [-0.1, -0.05) is 28.9 Å². The molecule has 1 aliphatic heterocycles. The minimum absolute atomic E-state index is 0.0977. The quantitative estimate of drug-likeness (QED) is 0.830. The molecule has 0 aliphatic carbocycles. The Kier molecular flexibility index (Phi) is 5.97. The van der Waals surface area contributed by atoms with E-state index in [-0.39, 0.29) is 18.2 Å². The van der Waals surface area contributed by atoms with Crippen molar-refractivity contribution in [1.82, 2.24) is 9.80 Å². The van der Waals surface area contributed by atoms with Crippen LogP contribution in [0.2, 0.25) is 0 Å². The van der Waals surface area contributed by atoms with Crippen LogP contribution in [0.25, 0.3) is 0 Å². The number of benzene rings is 1. The number of hydrogen-bond donors (Lipinski definition) is 1. The van der Waals surface area contributed by atoms with Gasteiger partial charge >= 0.3 is 0 Å². The van der Waals surface area contributed by atoms with Gasteiger partial charge in [0.2, 0.25) is 11.8 Å². The molecule has 0 aromatic heterocycles. The number of aryl methyl sites for hydroxylation is 1. The van der Waals surface area contributed by atoms with Crippen LogP contribution in [-0.4, -0.2) is 54.3 Å². The summed E-state index contributed by atoms with van der Waals surface area (Å²) in [6, 6.07) is 5.60. The third-order valence-corrected chi connectivity index (χ3v) is 4.79. The first-order valence-corrected chi connectivity index (χ1v) is 8.35. The van der Waals surface area contributed by atoms with E-state index in [2.05, 4.69) is 33.1 Å². The predicted octanol–water partition coefficient (Wildman–Crippen LogP) is 2.25. The number of carbonyl (C=O) groups is 2. The van der Waals surface area contributed by atoms with Gasteiger partial charge in [0.25, 0.3) is 0 Å². The van der Waals surface area contributed by atoms with Crippen molar-refractivity contribution in [2.45, 2.75) is 20.3 Å². The lowest BCUT2D eigenvalue weighted by molar-refractivity contribution is -0.136. The van der Waals surface area contributed by atoms with Crippen LogP contribution < -0.4 is 5.32 Å². The maximum absolute atomic E-state index is 12.2. The van der Waals surface area contributed by atoms with E-state index in [0.717, 1.165) is 29.7 Å². The Morgan fingerprint density at radius 3 is 2.50 bits per heavy atom. The van der Waals surface area contributed by atoms with Gasteiger partial charge in [-0.2, -0.15) is 0 Å². The molecule has 0 atom stereocenters. The Labute approximate surface area is 139 Å². The van der Waals surface area contributed by atoms with Crippen LogP contribution in [-0.2, 0) is 9.59 Å². The molecule has 22 heavy (non-hydrogen) atoms. The first-order valence-electron chi connectivity index (χ1n) is 7.55. The minimum Gasteiger partial charge on any atom is -0.340 e. The first-order chi connectivity index (χ1) is 10.5. The fourth-order valence-corrected chi connectivity index (χ4v) is 2.82. The molecule has 0 saturated carbocycles. The molecule has 2 rings (SSSR count). The SMILES string of the molecule is CCN1CCN(C(=O)CC(=O)Nc2ccc(C)c(Br)c2)CC1. The van der Waals surface area contributed by atoms with Gasteiger partial charge in [-0.05, 0) is 31.2 Å². The molecule has 1 heterocycles. The molecule has 5 nitrogen and oxygen atoms in total. The molecule has 1 aliphatic rings. The summed E-state index contributed by atoms with van der Waals surface area (Å²) in [5, 5.41) is 2.77. The maximum Gasteiger partial charge on any atom is 0.233 e. The van der Waals surface area contributed by atoms with Gasteiger partial charge in [0.1, 0.15) is 6.42 Å². The van der Waals surface area contributed by atoms with Crippen molar-refractivity contribution < 1.29 is 9.59 Å². The Bertz CT molecular complexity index is 554. The van der Waals surface area contributed by atoms with E-state index in [1.165, 1.54) is 0 Å². The van der Waals surface area contributed by atoms with Crippen LogP contribution >= 0.6 is 15.9 Å². The monoisotopic (exact) mass is 367 g/mol. The summed E-state index contributed by atoms with van der Waals surface area (Å²) in [7, 11) is 0. The summed E-state index contributed by atoms with van der Waals surface area (Å²) in [6.07, 6.45) is -0.0996. The van der Waals surface area contributed by atoms with Crippen molar-refractivity contribution in [3.63, 3.8) is 0 Å². The van der Waals surface area contributed by atoms with E-state index in [1.54, 1.807) is 4.90 Å². The van der Waals surface area contributed by atoms with Crippen LogP contribution in [0.15, 0.2) is 22.7 Å². The highest BCUT2D eigenvalue weighted by Crippen LogP contribution is 2.20. The van der Waals surface area contributed by atoms with Crippen molar-refractivity contribution in [3.8, 4) is 0 Å². The standard InChI is InChI=1S/C16H22BrN3O2/c1-3-19-6-8-20(9-7-19)16(22)11-15(21)18-13-5-4-12(2)14(17)10-13/h4-5,10H,3,6-9,11H2,1-2H3,(H,18,21). The molecule has 1 N–H and O–H groups in total. The largest absolute Gasteiger partial charge is 0.340 e. The molecular weight excluding hydrogens is 346 g/mol. The zero-order chi connectivity index (χ0) is 16.1. The average Bonchev–Trinajstić information content (AvgIpc) is 2.51. The van der Waals surface area contributed by atoms with E-state index >= 15 is 0 Å². The summed E-state index contributed by atoms with van der Waals surface area (Å²) in [6.45, 7) is 8.28. The third-order valence-electron chi connectivity index (χ3n) is 3.94. The third kappa shape index (κ3) is 4.55. The number of piperazine rings is 1. The molecule has 1 fully saturated rings. The Hall–Kier alpha value is -1.40. The lowest BCUT2D eigenvalue weighted by Gasteiger charge is -2.33. The van der Waals surface area contributed by atoms with Gasteiger partial charge < -0.3 is 15.1 Å². The number of hydrogen-bond acceptors (Lipinski definition) is 3. The summed E-state index contributed by atoms with van der Waals surface area (Å²) in [5.41, 5.74) is 1.80. The van der Waals surface area contributed by atoms with Gasteiger partial charge in [-0.3, -0.25) is 9.59 Å². The van der Waals surface area contributed by atoms with Crippen molar-refractivity contribution in [1.29, 1.82) is 0 Å². The normalized spacial score (nSPS) is 15.7. The number of rotatable bonds is 4. The van der Waals surface area contributed by atoms with Crippen molar-refractivity contribution in [2.75, 3.05) is 38.0 Å². The van der Waals surface area contributed by atoms with Crippen LogP contribution in [0.4, 0.5) is 5.69 Å². The lowest BCUT2D eigenvalue weighted by Crippen LogP contribution is -2.49. The molecule has 2 amide bonds. The Morgan fingerprint density at radius 1 is 1.23 bits per heavy atom. The van der Waals surface area contributed by atoms with Gasteiger partial charge in [-0.15, -0.1) is 0 Å². The summed E-state index contributed by atoms with van der Waals surface area (Å²) >= 11 is 3.43. The minimum atomic E-state index is -0.265. The van der Waals surface area contributed by atoms with Crippen LogP contribution in [0.5, 0.6) is 0 Å². The van der Waals surface area contributed by atoms with E-state index in [1.807, 2.05) is 25.1 Å². The van der Waals surface area contributed by atoms with Crippen LogP contribution in [0.1, 0.15) is 18.9 Å². The number of nitrogens with one attached hydrogen (secondary N) is 1. The number of nitrogens with zero attached hydrogens (tertiary/aromatic N) is 2. The molecule has 0 bridgehead atoms. The van der Waals surface area contributed by atoms with E-state index in [4.69, 9.17) is 0 Å². The topological polar surface area (TPSA) is 52.7 Å². The highest BCUT2D eigenvalue weighted by atomic mass is 79.9. The van der Waals surface area contributed by atoms with Crippen molar-refractivity contribution in [2.24, 2.45) is 0 Å². The Morgan fingerprint density at radius 2 is 1.91 bits per heavy atom. The van der Waals surface area contributed by atoms with E-state index < -0.39 is 0 Å². The summed E-state index contributed by atoms with van der Waals surface area (Å²) < 4.78 is 0.937. The molecule has 0 spiro atoms. The second-order valence-corrected chi connectivity index (χ2v) is 6.36. The fraction of sp³-hybridized carbons (Fsp3) is 0.500. The first kappa shape index (κ1) is 17.0. The zero-order valence-electron chi connectivity index (χ0n) is 13.1. The molecule has 6 heteroatoms. The fourth-order valence-electron chi connectivity index (χ4n) is 2.44. The molecule has 0 radical (unpaired) electrons. The molecule has 120 valence electrons. The summed E-state index contributed by atoms with van der Waals surface area (Å²) in [5.74, 6) is -0.363. The number of likely N-dealkylation sites (N-methyl/N-ethyl adjacent to an activating group) is 1. The van der Waals surface area contributed by atoms with Crippen molar-refractivity contribution in [3.05, 3.63) is 28.2 Å². The Balaban J connectivity index is 1.84. The molecule has 1 aromatic carbocycles. The second kappa shape index (κ2) is 7.74. The summed E-state index contributed by atoms with van der Waals surface area (Å²) in [4.78, 5) is 28.2. The highest BCUT2D eigenvalue weighted by molar-refractivity contribution is 9.10. The number of amides is 2. The average molecular weight is 368 g/mol. The molecular formula is C16H22BrN3O2.